The molecule has 0 saturated heterocycles. The highest BCUT2D eigenvalue weighted by Crippen LogP contribution is 2.17. The van der Waals surface area contributed by atoms with Crippen LogP contribution in [0.5, 0.6) is 0 Å². The van der Waals surface area contributed by atoms with E-state index in [1.807, 2.05) is 30.5 Å². The number of hydrogen-bond donors (Lipinski definition) is 3. The van der Waals surface area contributed by atoms with Crippen molar-refractivity contribution >= 4 is 34.4 Å². The lowest BCUT2D eigenvalue weighted by atomic mass is 10.1. The summed E-state index contributed by atoms with van der Waals surface area (Å²) in [6.45, 7) is 0.448. The quantitative estimate of drug-likeness (QED) is 0.746. The van der Waals surface area contributed by atoms with Gasteiger partial charge in [0.05, 0.1) is 0 Å². The number of rotatable bonds is 4. The van der Waals surface area contributed by atoms with Gasteiger partial charge in [-0.15, -0.1) is 11.6 Å². The van der Waals surface area contributed by atoms with E-state index in [0.29, 0.717) is 13.0 Å². The van der Waals surface area contributed by atoms with Crippen molar-refractivity contribution in [1.29, 1.82) is 0 Å². The Bertz CT molecular complexity index is 594. The second kappa shape index (κ2) is 6.24. The molecule has 19 heavy (non-hydrogen) atoms. The minimum absolute atomic E-state index is 0.226. The molecule has 0 spiro atoms. The molecule has 0 bridgehead atoms. The number of aromatic amines is 1. The number of hydrogen-bond acceptors (Lipinski definition) is 2. The number of benzene rings is 1. The highest BCUT2D eigenvalue weighted by atomic mass is 35.5. The van der Waals surface area contributed by atoms with Gasteiger partial charge in [-0.05, 0) is 18.1 Å². The number of imide groups is 1. The number of carbonyl (C=O) groups excluding carboxylic acids is 2. The average Bonchev–Trinajstić information content (AvgIpc) is 2.82. The molecule has 0 radical (unpaired) electrons. The predicted molar refractivity (Wildman–Crippen MR) is 74.3 cm³/mol. The van der Waals surface area contributed by atoms with Crippen molar-refractivity contribution in [2.75, 3.05) is 12.4 Å². The lowest BCUT2D eigenvalue weighted by Crippen LogP contribution is -2.40. The zero-order chi connectivity index (χ0) is 13.7. The summed E-state index contributed by atoms with van der Waals surface area (Å²) in [5.74, 6) is -0.734. The molecule has 6 heteroatoms. The van der Waals surface area contributed by atoms with E-state index < -0.39 is 11.9 Å². The summed E-state index contributed by atoms with van der Waals surface area (Å²) in [6, 6.07) is 7.44. The first kappa shape index (κ1) is 13.4. The maximum Gasteiger partial charge on any atom is 0.321 e. The van der Waals surface area contributed by atoms with Crippen LogP contribution >= 0.6 is 11.6 Å². The number of alkyl halides is 1. The Labute approximate surface area is 115 Å². The largest absolute Gasteiger partial charge is 0.361 e. The van der Waals surface area contributed by atoms with Crippen LogP contribution in [0.15, 0.2) is 30.5 Å². The maximum absolute atomic E-state index is 11.3. The highest BCUT2D eigenvalue weighted by molar-refractivity contribution is 6.28. The van der Waals surface area contributed by atoms with Crippen molar-refractivity contribution in [2.24, 2.45) is 0 Å². The van der Waals surface area contributed by atoms with E-state index in [2.05, 4.69) is 15.6 Å². The van der Waals surface area contributed by atoms with Crippen LogP contribution in [0.2, 0.25) is 0 Å². The van der Waals surface area contributed by atoms with Crippen molar-refractivity contribution in [1.82, 2.24) is 15.6 Å². The Morgan fingerprint density at radius 1 is 1.26 bits per heavy atom. The molecule has 2 aromatic rings. The molecular weight excluding hydrogens is 266 g/mol. The molecule has 3 N–H and O–H groups in total. The molecule has 100 valence electrons. The van der Waals surface area contributed by atoms with Gasteiger partial charge in [0.2, 0.25) is 5.91 Å². The molecule has 5 nitrogen and oxygen atoms in total. The molecule has 0 saturated carbocycles. The second-order valence-corrected chi connectivity index (χ2v) is 4.31. The van der Waals surface area contributed by atoms with Crippen LogP contribution in [0.3, 0.4) is 0 Å². The smallest absolute Gasteiger partial charge is 0.321 e. The van der Waals surface area contributed by atoms with Crippen LogP contribution in [-0.4, -0.2) is 29.3 Å². The third-order valence-electron chi connectivity index (χ3n) is 2.73. The zero-order valence-electron chi connectivity index (χ0n) is 10.2. The van der Waals surface area contributed by atoms with E-state index in [9.17, 15) is 9.59 Å². The van der Waals surface area contributed by atoms with Crippen molar-refractivity contribution in [3.8, 4) is 0 Å². The maximum atomic E-state index is 11.3. The summed E-state index contributed by atoms with van der Waals surface area (Å²) < 4.78 is 0. The first-order chi connectivity index (χ1) is 9.20. The van der Waals surface area contributed by atoms with Crippen molar-refractivity contribution in [2.45, 2.75) is 6.42 Å². The summed E-state index contributed by atoms with van der Waals surface area (Å²) >= 11 is 5.28. The molecule has 1 heterocycles. The van der Waals surface area contributed by atoms with E-state index in [0.717, 1.165) is 16.5 Å². The molecule has 2 rings (SSSR count). The monoisotopic (exact) mass is 279 g/mol. The lowest BCUT2D eigenvalue weighted by molar-refractivity contribution is -0.117. The summed E-state index contributed by atoms with van der Waals surface area (Å²) in [7, 11) is 0. The predicted octanol–water partition coefficient (Wildman–Crippen LogP) is 1.77. The zero-order valence-corrected chi connectivity index (χ0v) is 11.0. The standard InChI is InChI=1S/C13H14ClN3O2/c14-7-12(18)17-13(19)15-6-5-9-8-16-11-4-2-1-3-10(9)11/h1-4,8,16H,5-7H2,(H2,15,17,18,19). The van der Waals surface area contributed by atoms with Crippen molar-refractivity contribution in [3.63, 3.8) is 0 Å². The first-order valence-electron chi connectivity index (χ1n) is 5.89. The summed E-state index contributed by atoms with van der Waals surface area (Å²) in [6.07, 6.45) is 2.61. The number of aromatic nitrogens is 1. The fourth-order valence-corrected chi connectivity index (χ4v) is 1.92. The first-order valence-corrected chi connectivity index (χ1v) is 6.43. The molecular formula is C13H14ClN3O2. The van der Waals surface area contributed by atoms with E-state index in [1.54, 1.807) is 0 Å². The normalized spacial score (nSPS) is 10.4. The Hall–Kier alpha value is -2.01. The number of carbonyl (C=O) groups is 2. The third kappa shape index (κ3) is 3.48. The Morgan fingerprint density at radius 2 is 2.05 bits per heavy atom. The van der Waals surface area contributed by atoms with Gasteiger partial charge in [0, 0.05) is 23.6 Å². The van der Waals surface area contributed by atoms with Gasteiger partial charge in [0.1, 0.15) is 5.88 Å². The molecule has 0 fully saturated rings. The number of halogens is 1. The van der Waals surface area contributed by atoms with Gasteiger partial charge in [-0.3, -0.25) is 10.1 Å². The molecule has 0 unspecified atom stereocenters. The van der Waals surface area contributed by atoms with Crippen LogP contribution in [0.1, 0.15) is 5.56 Å². The topological polar surface area (TPSA) is 74.0 Å². The van der Waals surface area contributed by atoms with Gasteiger partial charge in [0.25, 0.3) is 0 Å². The Morgan fingerprint density at radius 3 is 2.84 bits per heavy atom. The minimum Gasteiger partial charge on any atom is -0.361 e. The number of amides is 3. The highest BCUT2D eigenvalue weighted by Gasteiger charge is 2.06. The SMILES string of the molecule is O=C(CCl)NC(=O)NCCc1c[nH]c2ccccc12. The molecule has 3 amide bonds. The average molecular weight is 280 g/mol. The van der Waals surface area contributed by atoms with Crippen molar-refractivity contribution in [3.05, 3.63) is 36.0 Å². The van der Waals surface area contributed by atoms with Gasteiger partial charge in [0.15, 0.2) is 0 Å². The lowest BCUT2D eigenvalue weighted by Gasteiger charge is -2.04. The third-order valence-corrected chi connectivity index (χ3v) is 2.97. The van der Waals surface area contributed by atoms with Gasteiger partial charge in [-0.25, -0.2) is 4.79 Å². The summed E-state index contributed by atoms with van der Waals surface area (Å²) in [4.78, 5) is 25.3. The van der Waals surface area contributed by atoms with Gasteiger partial charge in [-0.2, -0.15) is 0 Å². The molecule has 0 aliphatic heterocycles. The number of nitrogens with one attached hydrogen (secondary N) is 3. The van der Waals surface area contributed by atoms with Gasteiger partial charge >= 0.3 is 6.03 Å². The fraction of sp³-hybridized carbons (Fsp3) is 0.231. The number of fused-ring (bicyclic) bond motifs is 1. The number of H-pyrrole nitrogens is 1. The molecule has 0 aliphatic carbocycles. The van der Waals surface area contributed by atoms with E-state index in [-0.39, 0.29) is 5.88 Å². The van der Waals surface area contributed by atoms with Crippen LogP contribution in [-0.2, 0) is 11.2 Å². The van der Waals surface area contributed by atoms with E-state index >= 15 is 0 Å². The molecule has 1 aromatic carbocycles. The molecule has 0 aliphatic rings. The van der Waals surface area contributed by atoms with E-state index in [1.165, 1.54) is 0 Å². The summed E-state index contributed by atoms with van der Waals surface area (Å²) in [5.41, 5.74) is 2.19. The Balaban J connectivity index is 1.86. The van der Waals surface area contributed by atoms with E-state index in [4.69, 9.17) is 11.6 Å². The van der Waals surface area contributed by atoms with Crippen LogP contribution < -0.4 is 10.6 Å². The molecule has 0 atom stereocenters. The van der Waals surface area contributed by atoms with Crippen LogP contribution in [0, 0.1) is 0 Å². The molecule has 1 aromatic heterocycles. The van der Waals surface area contributed by atoms with Gasteiger partial charge in [-0.1, -0.05) is 18.2 Å². The summed E-state index contributed by atoms with van der Waals surface area (Å²) in [5, 5.41) is 5.87. The van der Waals surface area contributed by atoms with Gasteiger partial charge < -0.3 is 10.3 Å². The Kier molecular flexibility index (Phi) is 4.41. The van der Waals surface area contributed by atoms with Crippen LogP contribution in [0.4, 0.5) is 4.79 Å². The van der Waals surface area contributed by atoms with Crippen LogP contribution in [0.25, 0.3) is 10.9 Å². The number of urea groups is 1. The minimum atomic E-state index is -0.523. The fourth-order valence-electron chi connectivity index (χ4n) is 1.85. The second-order valence-electron chi connectivity index (χ2n) is 4.05. The number of para-hydroxylation sites is 1. The van der Waals surface area contributed by atoms with Crippen molar-refractivity contribution < 1.29 is 9.59 Å².